The van der Waals surface area contributed by atoms with Crippen molar-refractivity contribution in [3.05, 3.63) is 39.5 Å². The highest BCUT2D eigenvalue weighted by Crippen LogP contribution is 2.16. The molecular formula is C16H24N6S. The zero-order chi connectivity index (χ0) is 16.8. The first-order chi connectivity index (χ1) is 11.0. The molecule has 2 rings (SSSR count). The van der Waals surface area contributed by atoms with Crippen LogP contribution in [0.2, 0.25) is 0 Å². The summed E-state index contributed by atoms with van der Waals surface area (Å²) >= 11 is 1.71. The number of thiazole rings is 1. The second-order valence-corrected chi connectivity index (χ2v) is 6.69. The SMILES string of the molecule is CN=C(NCc1cccnc1N(C)C)NCc1sc(C)nc1C. The van der Waals surface area contributed by atoms with E-state index in [9.17, 15) is 0 Å². The number of hydrogen-bond acceptors (Lipinski definition) is 5. The summed E-state index contributed by atoms with van der Waals surface area (Å²) in [5, 5.41) is 7.76. The summed E-state index contributed by atoms with van der Waals surface area (Å²) in [5.74, 6) is 1.73. The molecule has 2 heterocycles. The minimum atomic E-state index is 0.668. The van der Waals surface area contributed by atoms with E-state index in [0.29, 0.717) is 6.54 Å². The predicted octanol–water partition coefficient (Wildman–Crippen LogP) is 2.09. The van der Waals surface area contributed by atoms with Gasteiger partial charge in [-0.15, -0.1) is 11.3 Å². The molecule has 2 aromatic rings. The van der Waals surface area contributed by atoms with Crippen LogP contribution in [0, 0.1) is 13.8 Å². The van der Waals surface area contributed by atoms with Crippen LogP contribution < -0.4 is 15.5 Å². The smallest absolute Gasteiger partial charge is 0.191 e. The largest absolute Gasteiger partial charge is 0.362 e. The van der Waals surface area contributed by atoms with Gasteiger partial charge in [-0.1, -0.05) is 6.07 Å². The second kappa shape index (κ2) is 7.92. The summed E-state index contributed by atoms with van der Waals surface area (Å²) in [6.45, 7) is 5.46. The van der Waals surface area contributed by atoms with E-state index >= 15 is 0 Å². The lowest BCUT2D eigenvalue weighted by atomic mass is 10.2. The number of aliphatic imine (C=N–C) groups is 1. The predicted molar refractivity (Wildman–Crippen MR) is 97.2 cm³/mol. The fourth-order valence-electron chi connectivity index (χ4n) is 2.27. The highest BCUT2D eigenvalue weighted by molar-refractivity contribution is 7.11. The van der Waals surface area contributed by atoms with E-state index in [1.807, 2.05) is 38.9 Å². The summed E-state index contributed by atoms with van der Waals surface area (Å²) in [6.07, 6.45) is 1.81. The third-order valence-electron chi connectivity index (χ3n) is 3.38. The molecule has 0 unspecified atom stereocenters. The summed E-state index contributed by atoms with van der Waals surface area (Å²) in [4.78, 5) is 16.4. The van der Waals surface area contributed by atoms with Crippen LogP contribution in [0.3, 0.4) is 0 Å². The Hall–Kier alpha value is -2.15. The lowest BCUT2D eigenvalue weighted by Crippen LogP contribution is -2.36. The van der Waals surface area contributed by atoms with E-state index in [1.54, 1.807) is 24.6 Å². The van der Waals surface area contributed by atoms with Crippen LogP contribution in [-0.2, 0) is 13.1 Å². The monoisotopic (exact) mass is 332 g/mol. The Balaban J connectivity index is 1.95. The van der Waals surface area contributed by atoms with Crippen molar-refractivity contribution in [2.45, 2.75) is 26.9 Å². The number of anilines is 1. The molecule has 0 radical (unpaired) electrons. The van der Waals surface area contributed by atoms with E-state index in [4.69, 9.17) is 0 Å². The Bertz CT molecular complexity index is 677. The van der Waals surface area contributed by atoms with E-state index in [0.717, 1.165) is 34.6 Å². The molecule has 0 atom stereocenters. The highest BCUT2D eigenvalue weighted by atomic mass is 32.1. The maximum absolute atomic E-state index is 4.44. The maximum atomic E-state index is 4.44. The van der Waals surface area contributed by atoms with E-state index in [-0.39, 0.29) is 0 Å². The Kier molecular flexibility index (Phi) is 5.92. The molecular weight excluding hydrogens is 308 g/mol. The number of nitrogens with one attached hydrogen (secondary N) is 2. The van der Waals surface area contributed by atoms with Crippen LogP contribution in [0.25, 0.3) is 0 Å². The Labute approximate surface area is 141 Å². The molecule has 0 aliphatic carbocycles. The normalized spacial score (nSPS) is 11.4. The summed E-state index contributed by atoms with van der Waals surface area (Å²) in [7, 11) is 5.76. The van der Waals surface area contributed by atoms with Gasteiger partial charge in [0.05, 0.1) is 17.2 Å². The molecule has 0 aliphatic heterocycles. The first kappa shape index (κ1) is 17.2. The Morgan fingerprint density at radius 1 is 1.26 bits per heavy atom. The zero-order valence-electron chi connectivity index (χ0n) is 14.3. The molecule has 0 fully saturated rings. The number of aromatic nitrogens is 2. The molecule has 2 N–H and O–H groups in total. The van der Waals surface area contributed by atoms with Crippen molar-refractivity contribution in [2.75, 3.05) is 26.0 Å². The van der Waals surface area contributed by atoms with Crippen LogP contribution in [-0.4, -0.2) is 37.1 Å². The lowest BCUT2D eigenvalue weighted by molar-refractivity contribution is 0.806. The maximum Gasteiger partial charge on any atom is 0.191 e. The van der Waals surface area contributed by atoms with Crippen molar-refractivity contribution in [3.63, 3.8) is 0 Å². The molecule has 6 nitrogen and oxygen atoms in total. The van der Waals surface area contributed by atoms with Crippen molar-refractivity contribution in [3.8, 4) is 0 Å². The first-order valence-electron chi connectivity index (χ1n) is 7.50. The van der Waals surface area contributed by atoms with Gasteiger partial charge in [0.1, 0.15) is 5.82 Å². The number of aryl methyl sites for hydroxylation is 2. The lowest BCUT2D eigenvalue weighted by Gasteiger charge is -2.17. The van der Waals surface area contributed by atoms with Crippen LogP contribution >= 0.6 is 11.3 Å². The Morgan fingerprint density at radius 2 is 2.00 bits per heavy atom. The van der Waals surface area contributed by atoms with Gasteiger partial charge >= 0.3 is 0 Å². The third-order valence-corrected chi connectivity index (χ3v) is 4.45. The molecule has 0 saturated carbocycles. The van der Waals surface area contributed by atoms with Gasteiger partial charge in [0.25, 0.3) is 0 Å². The van der Waals surface area contributed by atoms with Crippen LogP contribution in [0.5, 0.6) is 0 Å². The van der Waals surface area contributed by atoms with Crippen molar-refractivity contribution in [1.29, 1.82) is 0 Å². The van der Waals surface area contributed by atoms with Gasteiger partial charge < -0.3 is 15.5 Å². The molecule has 0 aliphatic rings. The van der Waals surface area contributed by atoms with E-state index in [1.165, 1.54) is 4.88 Å². The quantitative estimate of drug-likeness (QED) is 0.648. The number of hydrogen-bond donors (Lipinski definition) is 2. The third kappa shape index (κ3) is 4.66. The number of pyridine rings is 1. The van der Waals surface area contributed by atoms with Gasteiger partial charge in [0, 0.05) is 44.3 Å². The first-order valence-corrected chi connectivity index (χ1v) is 8.31. The van der Waals surface area contributed by atoms with Gasteiger partial charge in [-0.05, 0) is 19.9 Å². The summed E-state index contributed by atoms with van der Waals surface area (Å²) in [5.41, 5.74) is 2.21. The van der Waals surface area contributed by atoms with Crippen LogP contribution in [0.4, 0.5) is 5.82 Å². The molecule has 0 bridgehead atoms. The highest BCUT2D eigenvalue weighted by Gasteiger charge is 2.08. The van der Waals surface area contributed by atoms with Gasteiger partial charge in [-0.2, -0.15) is 0 Å². The molecule has 0 amide bonds. The van der Waals surface area contributed by atoms with E-state index in [2.05, 4.69) is 31.7 Å². The van der Waals surface area contributed by atoms with Gasteiger partial charge in [0.2, 0.25) is 0 Å². The van der Waals surface area contributed by atoms with E-state index < -0.39 is 0 Å². The van der Waals surface area contributed by atoms with Crippen LogP contribution in [0.1, 0.15) is 21.1 Å². The fraction of sp³-hybridized carbons (Fsp3) is 0.438. The van der Waals surface area contributed by atoms with Crippen molar-refractivity contribution in [1.82, 2.24) is 20.6 Å². The average molecular weight is 332 g/mol. The standard InChI is InChI=1S/C16H24N6S/c1-11-14(23-12(2)21-11)10-20-16(17-3)19-9-13-7-6-8-18-15(13)22(4)5/h6-8H,9-10H2,1-5H3,(H2,17,19,20). The van der Waals surface area contributed by atoms with Crippen molar-refractivity contribution < 1.29 is 0 Å². The molecule has 0 spiro atoms. The van der Waals surface area contributed by atoms with Gasteiger partial charge in [-0.3, -0.25) is 4.99 Å². The minimum absolute atomic E-state index is 0.668. The molecule has 0 aromatic carbocycles. The number of rotatable bonds is 5. The summed E-state index contributed by atoms with van der Waals surface area (Å²) < 4.78 is 0. The minimum Gasteiger partial charge on any atom is -0.362 e. The molecule has 124 valence electrons. The average Bonchev–Trinajstić information content (AvgIpc) is 2.85. The van der Waals surface area contributed by atoms with Crippen LogP contribution in [0.15, 0.2) is 23.3 Å². The van der Waals surface area contributed by atoms with Gasteiger partial charge in [-0.25, -0.2) is 9.97 Å². The second-order valence-electron chi connectivity index (χ2n) is 5.40. The number of guanidine groups is 1. The summed E-state index contributed by atoms with van der Waals surface area (Å²) in [6, 6.07) is 4.02. The molecule has 23 heavy (non-hydrogen) atoms. The topological polar surface area (TPSA) is 65.4 Å². The van der Waals surface area contributed by atoms with Crippen molar-refractivity contribution in [2.24, 2.45) is 4.99 Å². The Morgan fingerprint density at radius 3 is 2.61 bits per heavy atom. The zero-order valence-corrected chi connectivity index (χ0v) is 15.2. The fourth-order valence-corrected chi connectivity index (χ4v) is 3.15. The van der Waals surface area contributed by atoms with Gasteiger partial charge in [0.15, 0.2) is 5.96 Å². The number of nitrogens with zero attached hydrogens (tertiary/aromatic N) is 4. The molecule has 0 saturated heterocycles. The van der Waals surface area contributed by atoms with Crippen molar-refractivity contribution >= 4 is 23.1 Å². The molecule has 2 aromatic heterocycles. The molecule has 7 heteroatoms.